The number of aryl methyl sites for hydroxylation is 1. The Morgan fingerprint density at radius 1 is 1.60 bits per heavy atom. The molecule has 0 saturated carbocycles. The van der Waals surface area contributed by atoms with Crippen molar-refractivity contribution in [2.75, 3.05) is 0 Å². The molecule has 7 nitrogen and oxygen atoms in total. The summed E-state index contributed by atoms with van der Waals surface area (Å²) in [6.07, 6.45) is 1.14. The molecule has 0 atom stereocenters. The summed E-state index contributed by atoms with van der Waals surface area (Å²) in [5, 5.41) is 17.1. The van der Waals surface area contributed by atoms with E-state index in [0.29, 0.717) is 6.54 Å². The molecule has 0 unspecified atom stereocenters. The predicted octanol–water partition coefficient (Wildman–Crippen LogP) is -0.126. The van der Waals surface area contributed by atoms with Gasteiger partial charge in [-0.15, -0.1) is 0 Å². The van der Waals surface area contributed by atoms with Gasteiger partial charge in [-0.2, -0.15) is 0 Å². The first-order valence-corrected chi connectivity index (χ1v) is 5.50. The normalized spacial score (nSPS) is 11.6. The van der Waals surface area contributed by atoms with Gasteiger partial charge in [-0.1, -0.05) is 4.89 Å². The smallest absolute Gasteiger partial charge is 0.352 e. The van der Waals surface area contributed by atoms with E-state index >= 15 is 0 Å². The first-order chi connectivity index (χ1) is 6.92. The molecule has 0 fully saturated rings. The van der Waals surface area contributed by atoms with Crippen molar-refractivity contribution in [1.29, 1.82) is 0 Å². The molecule has 0 saturated heterocycles. The molecule has 0 aromatic carbocycles. The van der Waals surface area contributed by atoms with E-state index in [-0.39, 0.29) is 10.6 Å². The zero-order valence-electron chi connectivity index (χ0n) is 7.84. The topological polar surface area (TPSA) is 109 Å². The molecule has 84 valence electrons. The summed E-state index contributed by atoms with van der Waals surface area (Å²) in [7, 11) is -4.02. The number of hydrogen-bond acceptors (Lipinski definition) is 4. The average Bonchev–Trinajstić information content (AvgIpc) is 2.62. The molecule has 15 heavy (non-hydrogen) atoms. The van der Waals surface area contributed by atoms with Gasteiger partial charge in [-0.25, -0.2) is 13.2 Å². The van der Waals surface area contributed by atoms with Gasteiger partial charge in [-0.3, -0.25) is 0 Å². The van der Waals surface area contributed by atoms with E-state index in [4.69, 9.17) is 10.3 Å². The molecule has 1 aromatic heterocycles. The number of rotatable bonds is 4. The Balaban J connectivity index is 3.32. The number of carbonyl (C=O) groups is 1. The highest BCUT2D eigenvalue weighted by Gasteiger charge is 2.19. The van der Waals surface area contributed by atoms with Gasteiger partial charge in [0.15, 0.2) is 0 Å². The van der Waals surface area contributed by atoms with Crippen LogP contribution in [0.3, 0.4) is 0 Å². The van der Waals surface area contributed by atoms with Crippen molar-refractivity contribution >= 4 is 16.0 Å². The molecule has 0 radical (unpaired) electrons. The zero-order chi connectivity index (χ0) is 11.6. The standard InChI is InChI=1S/C7H10N2O5S/c1-2-9-4-5(15(13,14)8-12)3-6(9)7(10)11/h3-4,8,12H,2H2,1H3,(H,10,11). The largest absolute Gasteiger partial charge is 0.477 e. The van der Waals surface area contributed by atoms with Crippen LogP contribution in [0.1, 0.15) is 17.4 Å². The Labute approximate surface area is 86.0 Å². The SMILES string of the molecule is CCn1cc(S(=O)(=O)NO)cc1C(=O)O. The predicted molar refractivity (Wildman–Crippen MR) is 49.2 cm³/mol. The van der Waals surface area contributed by atoms with Crippen LogP contribution in [0.15, 0.2) is 17.2 Å². The van der Waals surface area contributed by atoms with E-state index in [1.54, 1.807) is 6.92 Å². The van der Waals surface area contributed by atoms with Gasteiger partial charge in [0.25, 0.3) is 10.0 Å². The van der Waals surface area contributed by atoms with Gasteiger partial charge in [0.2, 0.25) is 0 Å². The van der Waals surface area contributed by atoms with Gasteiger partial charge in [0.05, 0.1) is 0 Å². The molecule has 0 aliphatic rings. The minimum absolute atomic E-state index is 0.147. The molecule has 0 aliphatic carbocycles. The molecule has 8 heteroatoms. The number of carboxylic acids is 1. The van der Waals surface area contributed by atoms with E-state index in [9.17, 15) is 13.2 Å². The van der Waals surface area contributed by atoms with Crippen LogP contribution in [0.25, 0.3) is 0 Å². The second-order valence-corrected chi connectivity index (χ2v) is 4.41. The summed E-state index contributed by atoms with van der Waals surface area (Å²) in [6.45, 7) is 2.00. The van der Waals surface area contributed by atoms with E-state index in [2.05, 4.69) is 0 Å². The Bertz CT molecular complexity index is 476. The lowest BCUT2D eigenvalue weighted by molar-refractivity contribution is 0.0685. The maximum absolute atomic E-state index is 11.1. The van der Waals surface area contributed by atoms with Crippen LogP contribution in [-0.4, -0.2) is 29.3 Å². The monoisotopic (exact) mass is 234 g/mol. The number of nitrogens with one attached hydrogen (secondary N) is 1. The summed E-state index contributed by atoms with van der Waals surface area (Å²) in [6, 6.07) is 0.977. The minimum Gasteiger partial charge on any atom is -0.477 e. The van der Waals surface area contributed by atoms with Gasteiger partial charge < -0.3 is 14.9 Å². The highest BCUT2D eigenvalue weighted by Crippen LogP contribution is 2.14. The average molecular weight is 234 g/mol. The van der Waals surface area contributed by atoms with Gasteiger partial charge in [0, 0.05) is 12.7 Å². The molecule has 1 aromatic rings. The van der Waals surface area contributed by atoms with Crippen molar-refractivity contribution < 1.29 is 23.5 Å². The lowest BCUT2D eigenvalue weighted by atomic mass is 10.4. The summed E-state index contributed by atoms with van der Waals surface area (Å²) < 4.78 is 23.5. The van der Waals surface area contributed by atoms with E-state index in [1.807, 2.05) is 0 Å². The Morgan fingerprint density at radius 2 is 2.20 bits per heavy atom. The summed E-state index contributed by atoms with van der Waals surface area (Å²) >= 11 is 0. The molecule has 1 heterocycles. The lowest BCUT2D eigenvalue weighted by Gasteiger charge is -1.99. The fourth-order valence-corrected chi connectivity index (χ4v) is 1.76. The van der Waals surface area contributed by atoms with Crippen molar-refractivity contribution in [3.63, 3.8) is 0 Å². The van der Waals surface area contributed by atoms with Crippen LogP contribution in [-0.2, 0) is 16.6 Å². The van der Waals surface area contributed by atoms with E-state index in [0.717, 1.165) is 17.1 Å². The van der Waals surface area contributed by atoms with Crippen LogP contribution in [0.2, 0.25) is 0 Å². The fraction of sp³-hybridized carbons (Fsp3) is 0.286. The number of carboxylic acid groups (broad SMARTS) is 1. The third-order valence-corrected chi connectivity index (χ3v) is 2.95. The molecular weight excluding hydrogens is 224 g/mol. The molecule has 3 N–H and O–H groups in total. The zero-order valence-corrected chi connectivity index (χ0v) is 8.65. The second kappa shape index (κ2) is 4.01. The molecular formula is C7H10N2O5S. The van der Waals surface area contributed by atoms with E-state index in [1.165, 1.54) is 4.57 Å². The number of nitrogens with zero attached hydrogens (tertiary/aromatic N) is 1. The van der Waals surface area contributed by atoms with E-state index < -0.39 is 16.0 Å². The van der Waals surface area contributed by atoms with Crippen LogP contribution >= 0.6 is 0 Å². The quantitative estimate of drug-likeness (QED) is 0.629. The van der Waals surface area contributed by atoms with Crippen molar-refractivity contribution in [2.45, 2.75) is 18.4 Å². The van der Waals surface area contributed by atoms with Crippen LogP contribution in [0.5, 0.6) is 0 Å². The maximum atomic E-state index is 11.1. The van der Waals surface area contributed by atoms with Gasteiger partial charge in [-0.05, 0) is 13.0 Å². The maximum Gasteiger partial charge on any atom is 0.352 e. The van der Waals surface area contributed by atoms with Gasteiger partial charge >= 0.3 is 5.97 Å². The Hall–Kier alpha value is -1.38. The highest BCUT2D eigenvalue weighted by molar-refractivity contribution is 7.89. The van der Waals surface area contributed by atoms with Crippen LogP contribution in [0.4, 0.5) is 0 Å². The lowest BCUT2D eigenvalue weighted by Crippen LogP contribution is -2.18. The molecule has 0 amide bonds. The number of aromatic nitrogens is 1. The fourth-order valence-electron chi connectivity index (χ4n) is 1.12. The highest BCUT2D eigenvalue weighted by atomic mass is 32.2. The third kappa shape index (κ3) is 2.17. The summed E-state index contributed by atoms with van der Waals surface area (Å²) in [5.74, 6) is -1.23. The Morgan fingerprint density at radius 3 is 2.53 bits per heavy atom. The van der Waals surface area contributed by atoms with Crippen molar-refractivity contribution in [1.82, 2.24) is 9.45 Å². The molecule has 1 rings (SSSR count). The first kappa shape index (κ1) is 11.7. The second-order valence-electron chi connectivity index (χ2n) is 2.75. The first-order valence-electron chi connectivity index (χ1n) is 4.01. The number of aromatic carboxylic acids is 1. The van der Waals surface area contributed by atoms with Crippen molar-refractivity contribution in [2.24, 2.45) is 0 Å². The van der Waals surface area contributed by atoms with Crippen molar-refractivity contribution in [3.8, 4) is 0 Å². The minimum atomic E-state index is -4.02. The third-order valence-electron chi connectivity index (χ3n) is 1.86. The van der Waals surface area contributed by atoms with Crippen molar-refractivity contribution in [3.05, 3.63) is 18.0 Å². The number of sulfonamides is 1. The summed E-state index contributed by atoms with van der Waals surface area (Å²) in [4.78, 5) is 11.6. The number of hydrogen-bond donors (Lipinski definition) is 3. The summed E-state index contributed by atoms with van der Waals surface area (Å²) in [5.41, 5.74) is -0.147. The Kier molecular flexibility index (Phi) is 3.12. The molecule has 0 bridgehead atoms. The van der Waals surface area contributed by atoms with Crippen LogP contribution in [0, 0.1) is 0 Å². The molecule has 0 aliphatic heterocycles. The van der Waals surface area contributed by atoms with Gasteiger partial charge in [0.1, 0.15) is 10.6 Å². The van der Waals surface area contributed by atoms with Crippen LogP contribution < -0.4 is 4.89 Å². The molecule has 0 spiro atoms.